The summed E-state index contributed by atoms with van der Waals surface area (Å²) in [7, 11) is 0. The third-order valence-corrected chi connectivity index (χ3v) is 5.64. The van der Waals surface area contributed by atoms with Crippen LogP contribution in [-0.4, -0.2) is 5.91 Å². The van der Waals surface area contributed by atoms with Crippen molar-refractivity contribution in [3.05, 3.63) is 0 Å². The van der Waals surface area contributed by atoms with Gasteiger partial charge in [-0.05, 0) is 31.1 Å². The molecule has 0 saturated heterocycles. The lowest BCUT2D eigenvalue weighted by atomic mass is 9.68. The molecule has 0 aromatic carbocycles. The molecule has 0 bridgehead atoms. The fourth-order valence-corrected chi connectivity index (χ4v) is 3.74. The van der Waals surface area contributed by atoms with Crippen LogP contribution in [0.2, 0.25) is 0 Å². The van der Waals surface area contributed by atoms with Crippen molar-refractivity contribution in [2.24, 2.45) is 23.0 Å². The van der Waals surface area contributed by atoms with Crippen molar-refractivity contribution >= 4 is 5.91 Å². The van der Waals surface area contributed by atoms with E-state index in [1.807, 2.05) is 0 Å². The molecule has 2 atom stereocenters. The second-order valence-electron chi connectivity index (χ2n) is 7.24. The standard InChI is InChI=1S/C20H41NO/c1-6-11-13-17(8-3)15-20(10-5,19(21)22)16-18(9-4)14-12-7-2/h17-18H,6-16H2,1-5H3,(H2,21,22). The highest BCUT2D eigenvalue weighted by atomic mass is 16.1. The number of primary amides is 1. The molecule has 0 aliphatic carbocycles. The molecule has 0 aromatic heterocycles. The van der Waals surface area contributed by atoms with E-state index in [0.717, 1.165) is 19.3 Å². The van der Waals surface area contributed by atoms with Crippen LogP contribution in [0.5, 0.6) is 0 Å². The molecular formula is C20H41NO. The zero-order chi connectivity index (χ0) is 17.0. The Kier molecular flexibility index (Phi) is 11.7. The van der Waals surface area contributed by atoms with E-state index in [1.54, 1.807) is 0 Å². The molecule has 0 aliphatic heterocycles. The van der Waals surface area contributed by atoms with Crippen LogP contribution in [0.3, 0.4) is 0 Å². The molecule has 2 N–H and O–H groups in total. The molecule has 0 saturated carbocycles. The van der Waals surface area contributed by atoms with Gasteiger partial charge in [0.15, 0.2) is 0 Å². The van der Waals surface area contributed by atoms with Gasteiger partial charge in [-0.1, -0.05) is 86.0 Å². The smallest absolute Gasteiger partial charge is 0.223 e. The van der Waals surface area contributed by atoms with Crippen molar-refractivity contribution in [3.63, 3.8) is 0 Å². The fraction of sp³-hybridized carbons (Fsp3) is 0.950. The molecule has 132 valence electrons. The van der Waals surface area contributed by atoms with E-state index in [4.69, 9.17) is 5.73 Å². The summed E-state index contributed by atoms with van der Waals surface area (Å²) in [4.78, 5) is 12.3. The average Bonchev–Trinajstić information content (AvgIpc) is 2.53. The predicted octanol–water partition coefficient (Wildman–Crippen LogP) is 6.08. The lowest BCUT2D eigenvalue weighted by Crippen LogP contribution is -2.40. The van der Waals surface area contributed by atoms with E-state index in [0.29, 0.717) is 11.8 Å². The van der Waals surface area contributed by atoms with Gasteiger partial charge in [-0.25, -0.2) is 0 Å². The third-order valence-electron chi connectivity index (χ3n) is 5.64. The number of carbonyl (C=O) groups excluding carboxylic acids is 1. The lowest BCUT2D eigenvalue weighted by molar-refractivity contribution is -0.130. The number of hydrogen-bond donors (Lipinski definition) is 1. The van der Waals surface area contributed by atoms with Crippen LogP contribution in [0.15, 0.2) is 0 Å². The van der Waals surface area contributed by atoms with E-state index >= 15 is 0 Å². The van der Waals surface area contributed by atoms with Gasteiger partial charge in [0.1, 0.15) is 0 Å². The van der Waals surface area contributed by atoms with Crippen LogP contribution in [0.1, 0.15) is 105 Å². The molecule has 0 aliphatic rings. The Bertz CT molecular complexity index is 269. The summed E-state index contributed by atoms with van der Waals surface area (Å²) in [5.74, 6) is 1.24. The predicted molar refractivity (Wildman–Crippen MR) is 97.8 cm³/mol. The summed E-state index contributed by atoms with van der Waals surface area (Å²) >= 11 is 0. The Morgan fingerprint density at radius 3 is 1.50 bits per heavy atom. The Balaban J connectivity index is 4.99. The van der Waals surface area contributed by atoms with Crippen LogP contribution in [-0.2, 0) is 4.79 Å². The SMILES string of the molecule is CCCCC(CC)CC(CC)(CC(CC)CCCC)C(N)=O. The van der Waals surface area contributed by atoms with Crippen molar-refractivity contribution in [2.45, 2.75) is 105 Å². The largest absolute Gasteiger partial charge is 0.369 e. The van der Waals surface area contributed by atoms with Crippen LogP contribution >= 0.6 is 0 Å². The highest BCUT2D eigenvalue weighted by molar-refractivity contribution is 5.80. The number of hydrogen-bond acceptors (Lipinski definition) is 1. The van der Waals surface area contributed by atoms with E-state index in [1.165, 1.54) is 51.4 Å². The van der Waals surface area contributed by atoms with Gasteiger partial charge < -0.3 is 5.73 Å². The summed E-state index contributed by atoms with van der Waals surface area (Å²) < 4.78 is 0. The van der Waals surface area contributed by atoms with Crippen LogP contribution in [0.4, 0.5) is 0 Å². The number of amides is 1. The van der Waals surface area contributed by atoms with Gasteiger partial charge in [-0.15, -0.1) is 0 Å². The second kappa shape index (κ2) is 12.0. The highest BCUT2D eigenvalue weighted by Crippen LogP contribution is 2.41. The van der Waals surface area contributed by atoms with E-state index < -0.39 is 0 Å². The maximum Gasteiger partial charge on any atom is 0.223 e. The molecule has 0 spiro atoms. The van der Waals surface area contributed by atoms with E-state index in [9.17, 15) is 4.79 Å². The van der Waals surface area contributed by atoms with Gasteiger partial charge >= 0.3 is 0 Å². The molecule has 2 unspecified atom stereocenters. The lowest BCUT2D eigenvalue weighted by Gasteiger charge is -2.36. The molecule has 0 fully saturated rings. The van der Waals surface area contributed by atoms with Gasteiger partial charge in [0.2, 0.25) is 5.91 Å². The maximum absolute atomic E-state index is 12.3. The molecular weight excluding hydrogens is 270 g/mol. The minimum absolute atomic E-state index is 0.0557. The van der Waals surface area contributed by atoms with E-state index in [2.05, 4.69) is 34.6 Å². The summed E-state index contributed by atoms with van der Waals surface area (Å²) in [6.07, 6.45) is 12.7. The minimum Gasteiger partial charge on any atom is -0.369 e. The molecule has 2 nitrogen and oxygen atoms in total. The molecule has 2 heteroatoms. The van der Waals surface area contributed by atoms with Gasteiger partial charge in [0.05, 0.1) is 0 Å². The number of rotatable bonds is 14. The van der Waals surface area contributed by atoms with E-state index in [-0.39, 0.29) is 11.3 Å². The first kappa shape index (κ1) is 21.5. The highest BCUT2D eigenvalue weighted by Gasteiger charge is 2.38. The summed E-state index contributed by atoms with van der Waals surface area (Å²) in [6.45, 7) is 11.2. The third kappa shape index (κ3) is 7.15. The van der Waals surface area contributed by atoms with Crippen molar-refractivity contribution in [2.75, 3.05) is 0 Å². The van der Waals surface area contributed by atoms with Crippen molar-refractivity contribution < 1.29 is 4.79 Å². The van der Waals surface area contributed by atoms with Crippen molar-refractivity contribution in [3.8, 4) is 0 Å². The summed E-state index contributed by atoms with van der Waals surface area (Å²) in [5, 5.41) is 0. The monoisotopic (exact) mass is 311 g/mol. The number of nitrogens with two attached hydrogens (primary N) is 1. The Labute approximate surface area is 139 Å². The van der Waals surface area contributed by atoms with Crippen molar-refractivity contribution in [1.29, 1.82) is 0 Å². The summed E-state index contributed by atoms with van der Waals surface area (Å²) in [6, 6.07) is 0. The number of carbonyl (C=O) groups is 1. The maximum atomic E-state index is 12.3. The molecule has 22 heavy (non-hydrogen) atoms. The summed E-state index contributed by atoms with van der Waals surface area (Å²) in [5.41, 5.74) is 5.63. The zero-order valence-electron chi connectivity index (χ0n) is 15.9. The first-order chi connectivity index (χ1) is 10.5. The Hall–Kier alpha value is -0.530. The van der Waals surface area contributed by atoms with Gasteiger partial charge in [0, 0.05) is 5.41 Å². The van der Waals surface area contributed by atoms with Crippen LogP contribution in [0.25, 0.3) is 0 Å². The second-order valence-corrected chi connectivity index (χ2v) is 7.24. The molecule has 0 heterocycles. The first-order valence-corrected chi connectivity index (χ1v) is 9.79. The number of unbranched alkanes of at least 4 members (excludes halogenated alkanes) is 2. The average molecular weight is 312 g/mol. The van der Waals surface area contributed by atoms with Gasteiger partial charge in [-0.2, -0.15) is 0 Å². The molecule has 0 radical (unpaired) electrons. The Morgan fingerprint density at radius 1 is 0.864 bits per heavy atom. The fourth-order valence-electron chi connectivity index (χ4n) is 3.74. The quantitative estimate of drug-likeness (QED) is 0.415. The van der Waals surface area contributed by atoms with Crippen molar-refractivity contribution in [1.82, 2.24) is 0 Å². The molecule has 1 amide bonds. The topological polar surface area (TPSA) is 43.1 Å². The van der Waals surface area contributed by atoms with Crippen LogP contribution < -0.4 is 5.73 Å². The zero-order valence-corrected chi connectivity index (χ0v) is 15.9. The van der Waals surface area contributed by atoms with Gasteiger partial charge in [-0.3, -0.25) is 4.79 Å². The normalized spacial score (nSPS) is 17.0. The first-order valence-electron chi connectivity index (χ1n) is 9.79. The Morgan fingerprint density at radius 2 is 1.27 bits per heavy atom. The minimum atomic E-state index is -0.275. The van der Waals surface area contributed by atoms with Crippen LogP contribution in [0, 0.1) is 17.3 Å². The van der Waals surface area contributed by atoms with Gasteiger partial charge in [0.25, 0.3) is 0 Å². The molecule has 0 aromatic rings. The molecule has 0 rings (SSSR count).